The second-order valence-corrected chi connectivity index (χ2v) is 4.46. The normalized spacial score (nSPS) is 12.5. The number of nitrogens with one attached hydrogen (secondary N) is 1. The average Bonchev–Trinajstić information content (AvgIpc) is 2.28. The third-order valence-corrected chi connectivity index (χ3v) is 2.79. The zero-order chi connectivity index (χ0) is 12.8. The fourth-order valence-electron chi connectivity index (χ4n) is 1.20. The highest BCUT2D eigenvalue weighted by molar-refractivity contribution is 7.99. The van der Waals surface area contributed by atoms with Crippen molar-refractivity contribution in [2.75, 3.05) is 6.61 Å². The molecule has 0 spiro atoms. The molecular formula is C11H13F2NO2S. The van der Waals surface area contributed by atoms with Crippen molar-refractivity contribution in [3.8, 4) is 0 Å². The smallest absolute Gasteiger partial charge is 0.288 e. The van der Waals surface area contributed by atoms with E-state index in [4.69, 9.17) is 5.11 Å². The first-order valence-electron chi connectivity index (χ1n) is 5.00. The molecule has 1 rings (SSSR count). The minimum Gasteiger partial charge on any atom is -0.394 e. The van der Waals surface area contributed by atoms with Crippen molar-refractivity contribution in [2.45, 2.75) is 23.6 Å². The van der Waals surface area contributed by atoms with E-state index in [9.17, 15) is 13.6 Å². The number of aliphatic hydroxyl groups is 1. The Morgan fingerprint density at radius 1 is 1.47 bits per heavy atom. The Bertz CT molecular complexity index is 387. The summed E-state index contributed by atoms with van der Waals surface area (Å²) in [5.74, 6) is -3.03. The van der Waals surface area contributed by atoms with Crippen molar-refractivity contribution < 1.29 is 18.7 Å². The fourth-order valence-corrected chi connectivity index (χ4v) is 1.84. The van der Waals surface area contributed by atoms with Gasteiger partial charge in [0.05, 0.1) is 12.2 Å². The molecule has 1 aromatic carbocycles. The standard InChI is InChI=1S/C11H13F2NO2S/c1-7(6-15)14-10(16)8-4-2-3-5-9(8)17-11(12)13/h2-5,7,11,15H,6H2,1H3,(H,14,16)/t7-/m0/s1. The number of amides is 1. The SMILES string of the molecule is C[C@@H](CO)NC(=O)c1ccccc1SC(F)F. The van der Waals surface area contributed by atoms with E-state index in [1.165, 1.54) is 12.1 Å². The van der Waals surface area contributed by atoms with E-state index in [0.717, 1.165) is 0 Å². The maximum atomic E-state index is 12.3. The first-order valence-corrected chi connectivity index (χ1v) is 5.88. The first-order chi connectivity index (χ1) is 8.04. The number of hydrogen-bond donors (Lipinski definition) is 2. The van der Waals surface area contributed by atoms with E-state index in [-0.39, 0.29) is 17.1 Å². The third-order valence-electron chi connectivity index (χ3n) is 2.00. The van der Waals surface area contributed by atoms with E-state index in [1.807, 2.05) is 0 Å². The summed E-state index contributed by atoms with van der Waals surface area (Å²) in [4.78, 5) is 12.0. The second-order valence-electron chi connectivity index (χ2n) is 3.43. The Morgan fingerprint density at radius 3 is 2.71 bits per heavy atom. The number of hydrogen-bond acceptors (Lipinski definition) is 3. The van der Waals surface area contributed by atoms with Gasteiger partial charge in [0, 0.05) is 10.9 Å². The van der Waals surface area contributed by atoms with Gasteiger partial charge in [0.25, 0.3) is 11.7 Å². The summed E-state index contributed by atoms with van der Waals surface area (Å²) in [6.07, 6.45) is 0. The molecule has 1 aromatic rings. The van der Waals surface area contributed by atoms with Crippen molar-refractivity contribution in [3.05, 3.63) is 29.8 Å². The third kappa shape index (κ3) is 4.32. The molecule has 3 nitrogen and oxygen atoms in total. The number of rotatable bonds is 5. The van der Waals surface area contributed by atoms with Crippen molar-refractivity contribution in [2.24, 2.45) is 0 Å². The number of carbonyl (C=O) groups is 1. The van der Waals surface area contributed by atoms with Crippen LogP contribution < -0.4 is 5.32 Å². The van der Waals surface area contributed by atoms with Gasteiger partial charge >= 0.3 is 0 Å². The summed E-state index contributed by atoms with van der Waals surface area (Å²) in [7, 11) is 0. The summed E-state index contributed by atoms with van der Waals surface area (Å²) >= 11 is 0.331. The van der Waals surface area contributed by atoms with Gasteiger partial charge in [0.1, 0.15) is 0 Å². The fraction of sp³-hybridized carbons (Fsp3) is 0.364. The van der Waals surface area contributed by atoms with Gasteiger partial charge in [-0.15, -0.1) is 0 Å². The van der Waals surface area contributed by atoms with Gasteiger partial charge in [-0.1, -0.05) is 23.9 Å². The molecule has 6 heteroatoms. The van der Waals surface area contributed by atoms with Gasteiger partial charge in [-0.2, -0.15) is 8.78 Å². The molecule has 2 N–H and O–H groups in total. The molecule has 0 heterocycles. The lowest BCUT2D eigenvalue weighted by molar-refractivity contribution is 0.0919. The molecule has 0 aromatic heterocycles. The largest absolute Gasteiger partial charge is 0.394 e. The van der Waals surface area contributed by atoms with Crippen LogP contribution in [0.5, 0.6) is 0 Å². The van der Waals surface area contributed by atoms with Crippen molar-refractivity contribution in [1.82, 2.24) is 5.32 Å². The maximum absolute atomic E-state index is 12.3. The first kappa shape index (κ1) is 13.9. The lowest BCUT2D eigenvalue weighted by Gasteiger charge is -2.13. The van der Waals surface area contributed by atoms with E-state index in [2.05, 4.69) is 5.32 Å². The Labute approximate surface area is 102 Å². The van der Waals surface area contributed by atoms with Crippen LogP contribution in [0.15, 0.2) is 29.2 Å². The lowest BCUT2D eigenvalue weighted by atomic mass is 10.2. The Morgan fingerprint density at radius 2 is 2.12 bits per heavy atom. The van der Waals surface area contributed by atoms with E-state index >= 15 is 0 Å². The maximum Gasteiger partial charge on any atom is 0.288 e. The highest BCUT2D eigenvalue weighted by Gasteiger charge is 2.16. The van der Waals surface area contributed by atoms with Crippen LogP contribution in [-0.2, 0) is 0 Å². The summed E-state index contributed by atoms with van der Waals surface area (Å²) < 4.78 is 24.6. The molecule has 0 unspecified atom stereocenters. The van der Waals surface area contributed by atoms with E-state index < -0.39 is 17.7 Å². The summed E-state index contributed by atoms with van der Waals surface area (Å²) in [6, 6.07) is 5.73. The average molecular weight is 261 g/mol. The minimum absolute atomic E-state index is 0.193. The van der Waals surface area contributed by atoms with Gasteiger partial charge in [0.2, 0.25) is 0 Å². The number of aliphatic hydroxyl groups excluding tert-OH is 1. The molecule has 0 aliphatic carbocycles. The van der Waals surface area contributed by atoms with Crippen LogP contribution in [0.3, 0.4) is 0 Å². The molecular weight excluding hydrogens is 248 g/mol. The molecule has 0 aliphatic heterocycles. The molecule has 94 valence electrons. The topological polar surface area (TPSA) is 49.3 Å². The summed E-state index contributed by atoms with van der Waals surface area (Å²) in [5.41, 5.74) is 0.193. The zero-order valence-electron chi connectivity index (χ0n) is 9.19. The van der Waals surface area contributed by atoms with Crippen LogP contribution in [0.1, 0.15) is 17.3 Å². The molecule has 0 bridgehead atoms. The number of benzene rings is 1. The Kier molecular flexibility index (Phi) is 5.37. The Balaban J connectivity index is 2.85. The van der Waals surface area contributed by atoms with Crippen LogP contribution in [0.4, 0.5) is 8.78 Å². The van der Waals surface area contributed by atoms with Gasteiger partial charge in [-0.05, 0) is 19.1 Å². The molecule has 0 saturated carbocycles. The predicted octanol–water partition coefficient (Wildman–Crippen LogP) is 2.11. The van der Waals surface area contributed by atoms with Crippen molar-refractivity contribution >= 4 is 17.7 Å². The van der Waals surface area contributed by atoms with Crippen LogP contribution >= 0.6 is 11.8 Å². The van der Waals surface area contributed by atoms with Crippen molar-refractivity contribution in [1.29, 1.82) is 0 Å². The quantitative estimate of drug-likeness (QED) is 0.798. The lowest BCUT2D eigenvalue weighted by Crippen LogP contribution is -2.35. The van der Waals surface area contributed by atoms with Crippen LogP contribution in [0.2, 0.25) is 0 Å². The van der Waals surface area contributed by atoms with Crippen LogP contribution in [0.25, 0.3) is 0 Å². The number of carbonyl (C=O) groups excluding carboxylic acids is 1. The van der Waals surface area contributed by atoms with Crippen LogP contribution in [-0.4, -0.2) is 29.4 Å². The van der Waals surface area contributed by atoms with Gasteiger partial charge in [-0.25, -0.2) is 0 Å². The van der Waals surface area contributed by atoms with E-state index in [1.54, 1.807) is 19.1 Å². The monoisotopic (exact) mass is 261 g/mol. The molecule has 1 atom stereocenters. The highest BCUT2D eigenvalue weighted by Crippen LogP contribution is 2.28. The van der Waals surface area contributed by atoms with Gasteiger partial charge in [-0.3, -0.25) is 4.79 Å². The number of thioether (sulfide) groups is 1. The molecule has 0 fully saturated rings. The van der Waals surface area contributed by atoms with Crippen LogP contribution in [0, 0.1) is 0 Å². The molecule has 0 saturated heterocycles. The zero-order valence-corrected chi connectivity index (χ0v) is 10.0. The minimum atomic E-state index is -2.57. The molecule has 17 heavy (non-hydrogen) atoms. The van der Waals surface area contributed by atoms with Gasteiger partial charge in [0.15, 0.2) is 0 Å². The predicted molar refractivity (Wildman–Crippen MR) is 62.3 cm³/mol. The van der Waals surface area contributed by atoms with E-state index in [0.29, 0.717) is 11.8 Å². The van der Waals surface area contributed by atoms with Gasteiger partial charge < -0.3 is 10.4 Å². The molecule has 1 amide bonds. The number of alkyl halides is 2. The highest BCUT2D eigenvalue weighted by atomic mass is 32.2. The number of halogens is 2. The molecule has 0 radical (unpaired) electrons. The molecule has 0 aliphatic rings. The second kappa shape index (κ2) is 6.56. The summed E-state index contributed by atoms with van der Waals surface area (Å²) in [5, 5.41) is 11.3. The summed E-state index contributed by atoms with van der Waals surface area (Å²) in [6.45, 7) is 1.43. The Hall–Kier alpha value is -1.14. The van der Waals surface area contributed by atoms with Crippen molar-refractivity contribution in [3.63, 3.8) is 0 Å².